The van der Waals surface area contributed by atoms with Crippen molar-refractivity contribution in [3.63, 3.8) is 0 Å². The highest BCUT2D eigenvalue weighted by molar-refractivity contribution is 5.70. The van der Waals surface area contributed by atoms with E-state index in [1.54, 1.807) is 0 Å². The lowest BCUT2D eigenvalue weighted by atomic mass is 9.98. The van der Waals surface area contributed by atoms with Gasteiger partial charge in [-0.3, -0.25) is 4.79 Å². The molecule has 0 radical (unpaired) electrons. The SMILES string of the molecule is O=C(O)C1CCCN(CCCOCCc2ccccc2)C1. The van der Waals surface area contributed by atoms with E-state index in [4.69, 9.17) is 9.84 Å². The summed E-state index contributed by atoms with van der Waals surface area (Å²) in [6, 6.07) is 10.3. The summed E-state index contributed by atoms with van der Waals surface area (Å²) in [5, 5.41) is 9.05. The molecule has 1 aromatic rings. The third-order valence-electron chi connectivity index (χ3n) is 4.00. The van der Waals surface area contributed by atoms with Crippen LogP contribution in [0.1, 0.15) is 24.8 Å². The number of rotatable bonds is 8. The third-order valence-corrected chi connectivity index (χ3v) is 4.00. The minimum atomic E-state index is -0.654. The smallest absolute Gasteiger partial charge is 0.307 e. The molecule has 0 bridgehead atoms. The molecule has 0 aliphatic carbocycles. The normalized spacial score (nSPS) is 19.5. The van der Waals surface area contributed by atoms with Crippen molar-refractivity contribution in [3.05, 3.63) is 35.9 Å². The van der Waals surface area contributed by atoms with Gasteiger partial charge in [0, 0.05) is 19.7 Å². The molecule has 0 saturated carbocycles. The summed E-state index contributed by atoms with van der Waals surface area (Å²) in [4.78, 5) is 13.3. The quantitative estimate of drug-likeness (QED) is 0.747. The van der Waals surface area contributed by atoms with Crippen molar-refractivity contribution >= 4 is 5.97 Å². The summed E-state index contributed by atoms with van der Waals surface area (Å²) in [7, 11) is 0. The maximum absolute atomic E-state index is 11.0. The number of hydrogen-bond donors (Lipinski definition) is 1. The average molecular weight is 291 g/mol. The molecule has 1 saturated heterocycles. The number of ether oxygens (including phenoxy) is 1. The first-order valence-corrected chi connectivity index (χ1v) is 7.82. The monoisotopic (exact) mass is 291 g/mol. The van der Waals surface area contributed by atoms with E-state index in [2.05, 4.69) is 17.0 Å². The Morgan fingerprint density at radius 3 is 2.86 bits per heavy atom. The van der Waals surface area contributed by atoms with E-state index in [-0.39, 0.29) is 5.92 Å². The zero-order valence-corrected chi connectivity index (χ0v) is 12.5. The van der Waals surface area contributed by atoms with Crippen LogP contribution < -0.4 is 0 Å². The highest BCUT2D eigenvalue weighted by atomic mass is 16.5. The second-order valence-electron chi connectivity index (χ2n) is 5.68. The van der Waals surface area contributed by atoms with Gasteiger partial charge in [-0.1, -0.05) is 30.3 Å². The van der Waals surface area contributed by atoms with E-state index in [0.717, 1.165) is 52.0 Å². The summed E-state index contributed by atoms with van der Waals surface area (Å²) in [5.74, 6) is -0.837. The van der Waals surface area contributed by atoms with Crippen molar-refractivity contribution in [2.24, 2.45) is 5.92 Å². The van der Waals surface area contributed by atoms with Crippen LogP contribution in [0.4, 0.5) is 0 Å². The van der Waals surface area contributed by atoms with Crippen LogP contribution in [0, 0.1) is 5.92 Å². The number of nitrogens with zero attached hydrogens (tertiary/aromatic N) is 1. The molecule has 0 spiro atoms. The van der Waals surface area contributed by atoms with Crippen LogP contribution in [0.3, 0.4) is 0 Å². The molecule has 0 amide bonds. The summed E-state index contributed by atoms with van der Waals surface area (Å²) in [5.41, 5.74) is 1.30. The number of carboxylic acids is 1. The maximum Gasteiger partial charge on any atom is 0.307 e. The number of carboxylic acid groups (broad SMARTS) is 1. The molecule has 1 aromatic carbocycles. The lowest BCUT2D eigenvalue weighted by Gasteiger charge is -2.30. The zero-order valence-electron chi connectivity index (χ0n) is 12.5. The van der Waals surface area contributed by atoms with Gasteiger partial charge in [0.25, 0.3) is 0 Å². The second-order valence-corrected chi connectivity index (χ2v) is 5.68. The molecule has 1 aliphatic heterocycles. The van der Waals surface area contributed by atoms with Crippen molar-refractivity contribution in [3.8, 4) is 0 Å². The molecular formula is C17H25NO3. The Hall–Kier alpha value is -1.39. The molecule has 1 heterocycles. The molecule has 21 heavy (non-hydrogen) atoms. The standard InChI is InChI=1S/C17H25NO3/c19-17(20)16-8-4-10-18(14-16)11-5-12-21-13-9-15-6-2-1-3-7-15/h1-3,6-7,16H,4-5,8-14H2,(H,19,20). The molecular weight excluding hydrogens is 266 g/mol. The van der Waals surface area contributed by atoms with Crippen LogP contribution in [0.5, 0.6) is 0 Å². The van der Waals surface area contributed by atoms with Crippen molar-refractivity contribution in [2.75, 3.05) is 32.8 Å². The predicted molar refractivity (Wildman–Crippen MR) is 82.4 cm³/mol. The molecule has 1 fully saturated rings. The van der Waals surface area contributed by atoms with E-state index >= 15 is 0 Å². The molecule has 1 N–H and O–H groups in total. The summed E-state index contributed by atoms with van der Waals surface area (Å²) >= 11 is 0. The molecule has 4 nitrogen and oxygen atoms in total. The first-order chi connectivity index (χ1) is 10.3. The topological polar surface area (TPSA) is 49.8 Å². The second kappa shape index (κ2) is 8.80. The predicted octanol–water partition coefficient (Wildman–Crippen LogP) is 2.43. The van der Waals surface area contributed by atoms with E-state index < -0.39 is 5.97 Å². The van der Waals surface area contributed by atoms with Crippen LogP contribution >= 0.6 is 0 Å². The van der Waals surface area contributed by atoms with Crippen molar-refractivity contribution in [1.29, 1.82) is 0 Å². The van der Waals surface area contributed by atoms with Crippen LogP contribution in [0.15, 0.2) is 30.3 Å². The maximum atomic E-state index is 11.0. The highest BCUT2D eigenvalue weighted by Crippen LogP contribution is 2.16. The Morgan fingerprint density at radius 2 is 2.10 bits per heavy atom. The molecule has 1 unspecified atom stereocenters. The van der Waals surface area contributed by atoms with Gasteiger partial charge in [-0.25, -0.2) is 0 Å². The summed E-state index contributed by atoms with van der Waals surface area (Å²) in [6.07, 6.45) is 3.73. The molecule has 116 valence electrons. The number of piperidine rings is 1. The van der Waals surface area contributed by atoms with Crippen molar-refractivity contribution < 1.29 is 14.6 Å². The van der Waals surface area contributed by atoms with Gasteiger partial charge in [0.15, 0.2) is 0 Å². The first kappa shape index (κ1) is 16.0. The van der Waals surface area contributed by atoms with E-state index in [0.29, 0.717) is 6.54 Å². The number of carbonyl (C=O) groups is 1. The Kier molecular flexibility index (Phi) is 6.70. The van der Waals surface area contributed by atoms with Gasteiger partial charge >= 0.3 is 5.97 Å². The van der Waals surface area contributed by atoms with Gasteiger partial charge in [-0.2, -0.15) is 0 Å². The minimum absolute atomic E-state index is 0.183. The van der Waals surface area contributed by atoms with Gasteiger partial charge < -0.3 is 14.7 Å². The number of hydrogen-bond acceptors (Lipinski definition) is 3. The van der Waals surface area contributed by atoms with Crippen LogP contribution in [0.2, 0.25) is 0 Å². The Morgan fingerprint density at radius 1 is 1.29 bits per heavy atom. The van der Waals surface area contributed by atoms with Crippen molar-refractivity contribution in [2.45, 2.75) is 25.7 Å². The van der Waals surface area contributed by atoms with Crippen molar-refractivity contribution in [1.82, 2.24) is 4.90 Å². The Labute approximate surface area is 126 Å². The average Bonchev–Trinajstić information content (AvgIpc) is 2.52. The van der Waals surface area contributed by atoms with Gasteiger partial charge in [0.1, 0.15) is 0 Å². The fourth-order valence-electron chi connectivity index (χ4n) is 2.79. The summed E-state index contributed by atoms with van der Waals surface area (Å²) in [6.45, 7) is 4.16. The minimum Gasteiger partial charge on any atom is -0.481 e. The first-order valence-electron chi connectivity index (χ1n) is 7.82. The van der Waals surface area contributed by atoms with Gasteiger partial charge in [-0.05, 0) is 37.8 Å². The van der Waals surface area contributed by atoms with E-state index in [1.165, 1.54) is 5.56 Å². The van der Waals surface area contributed by atoms with E-state index in [1.807, 2.05) is 18.2 Å². The van der Waals surface area contributed by atoms with E-state index in [9.17, 15) is 4.79 Å². The Bertz CT molecular complexity index is 421. The van der Waals surface area contributed by atoms with Crippen LogP contribution in [-0.4, -0.2) is 48.8 Å². The third kappa shape index (κ3) is 5.86. The van der Waals surface area contributed by atoms with Gasteiger partial charge in [0.2, 0.25) is 0 Å². The highest BCUT2D eigenvalue weighted by Gasteiger charge is 2.24. The van der Waals surface area contributed by atoms with Crippen LogP contribution in [-0.2, 0) is 16.0 Å². The number of aliphatic carboxylic acids is 1. The number of likely N-dealkylation sites (tertiary alicyclic amines) is 1. The largest absolute Gasteiger partial charge is 0.481 e. The zero-order chi connectivity index (χ0) is 14.9. The fourth-order valence-corrected chi connectivity index (χ4v) is 2.79. The Balaban J connectivity index is 1.52. The molecule has 2 rings (SSSR count). The molecule has 1 aliphatic rings. The number of benzene rings is 1. The van der Waals surface area contributed by atoms with Gasteiger partial charge in [-0.15, -0.1) is 0 Å². The fraction of sp³-hybridized carbons (Fsp3) is 0.588. The molecule has 1 atom stereocenters. The van der Waals surface area contributed by atoms with Gasteiger partial charge in [0.05, 0.1) is 12.5 Å². The summed E-state index contributed by atoms with van der Waals surface area (Å²) < 4.78 is 5.66. The molecule has 0 aromatic heterocycles. The lowest BCUT2D eigenvalue weighted by Crippen LogP contribution is -2.39. The molecule has 4 heteroatoms. The lowest BCUT2D eigenvalue weighted by molar-refractivity contribution is -0.143. The van der Waals surface area contributed by atoms with Crippen LogP contribution in [0.25, 0.3) is 0 Å².